The molecule has 0 aromatic heterocycles. The number of carbonyl (C=O) groups is 1. The van der Waals surface area contributed by atoms with Crippen LogP contribution in [0.5, 0.6) is 5.75 Å². The monoisotopic (exact) mass is 444 g/mol. The number of anilines is 2. The third-order valence-electron chi connectivity index (χ3n) is 4.19. The summed E-state index contributed by atoms with van der Waals surface area (Å²) in [6.07, 6.45) is 0. The fraction of sp³-hybridized carbons (Fsp3) is 0.136. The predicted molar refractivity (Wildman–Crippen MR) is 119 cm³/mol. The van der Waals surface area contributed by atoms with E-state index in [2.05, 4.69) is 5.32 Å². The number of amides is 1. The molecular formula is C22H21ClN2O4S. The maximum absolute atomic E-state index is 13.3. The molecule has 0 heterocycles. The van der Waals surface area contributed by atoms with E-state index < -0.39 is 22.5 Å². The van der Waals surface area contributed by atoms with Crippen molar-refractivity contribution in [2.75, 3.05) is 22.8 Å². The Hall–Kier alpha value is -3.03. The van der Waals surface area contributed by atoms with Crippen LogP contribution >= 0.6 is 11.6 Å². The van der Waals surface area contributed by atoms with E-state index in [4.69, 9.17) is 16.3 Å². The van der Waals surface area contributed by atoms with Crippen LogP contribution in [-0.2, 0) is 14.8 Å². The topological polar surface area (TPSA) is 75.7 Å². The highest BCUT2D eigenvalue weighted by Gasteiger charge is 2.27. The van der Waals surface area contributed by atoms with Crippen molar-refractivity contribution < 1.29 is 17.9 Å². The highest BCUT2D eigenvalue weighted by molar-refractivity contribution is 7.92. The minimum absolute atomic E-state index is 0.0856. The molecule has 1 N–H and O–H groups in total. The number of halogens is 1. The van der Waals surface area contributed by atoms with Gasteiger partial charge in [0.1, 0.15) is 12.3 Å². The minimum Gasteiger partial charge on any atom is -0.492 e. The first kappa shape index (κ1) is 21.7. The molecule has 3 aromatic carbocycles. The smallest absolute Gasteiger partial charge is 0.264 e. The van der Waals surface area contributed by atoms with Gasteiger partial charge < -0.3 is 10.1 Å². The van der Waals surface area contributed by atoms with Gasteiger partial charge in [-0.1, -0.05) is 41.9 Å². The molecule has 0 bridgehead atoms. The largest absolute Gasteiger partial charge is 0.492 e. The molecule has 0 aliphatic rings. The minimum atomic E-state index is -3.98. The second kappa shape index (κ2) is 9.65. The molecule has 30 heavy (non-hydrogen) atoms. The highest BCUT2D eigenvalue weighted by atomic mass is 35.5. The molecule has 6 nitrogen and oxygen atoms in total. The maximum atomic E-state index is 13.3. The third kappa shape index (κ3) is 5.11. The fourth-order valence-corrected chi connectivity index (χ4v) is 4.38. The van der Waals surface area contributed by atoms with Gasteiger partial charge >= 0.3 is 0 Å². The van der Waals surface area contributed by atoms with Crippen LogP contribution in [0.1, 0.15) is 6.92 Å². The molecule has 0 saturated carbocycles. The Morgan fingerprint density at radius 1 is 0.967 bits per heavy atom. The molecule has 8 heteroatoms. The summed E-state index contributed by atoms with van der Waals surface area (Å²) >= 11 is 5.95. The SMILES string of the molecule is CCOc1ccccc1NC(=O)CN(c1ccc(Cl)cc1)S(=O)(=O)c1ccccc1. The van der Waals surface area contributed by atoms with E-state index in [0.717, 1.165) is 4.31 Å². The standard InChI is InChI=1S/C22H21ClN2O4S/c1-2-29-21-11-7-6-10-20(21)24-22(26)16-25(18-14-12-17(23)13-15-18)30(27,28)19-8-4-3-5-9-19/h3-15H,2,16H2,1H3,(H,24,26). The molecule has 0 radical (unpaired) electrons. The lowest BCUT2D eigenvalue weighted by atomic mass is 10.3. The van der Waals surface area contributed by atoms with Gasteiger partial charge in [-0.3, -0.25) is 9.10 Å². The second-order valence-corrected chi connectivity index (χ2v) is 8.58. The second-order valence-electron chi connectivity index (χ2n) is 6.28. The number of ether oxygens (including phenoxy) is 1. The Balaban J connectivity index is 1.92. The Bertz CT molecular complexity index is 1100. The van der Waals surface area contributed by atoms with E-state index in [-0.39, 0.29) is 4.90 Å². The lowest BCUT2D eigenvalue weighted by molar-refractivity contribution is -0.114. The van der Waals surface area contributed by atoms with E-state index in [1.165, 1.54) is 12.1 Å². The third-order valence-corrected chi connectivity index (χ3v) is 6.23. The van der Waals surface area contributed by atoms with Gasteiger partial charge in [-0.15, -0.1) is 0 Å². The number of rotatable bonds is 8. The summed E-state index contributed by atoms with van der Waals surface area (Å²) in [7, 11) is -3.98. The number of sulfonamides is 1. The molecule has 3 rings (SSSR count). The van der Waals surface area contributed by atoms with Crippen molar-refractivity contribution in [2.45, 2.75) is 11.8 Å². The summed E-state index contributed by atoms with van der Waals surface area (Å²) in [5.74, 6) is 0.00826. The van der Waals surface area contributed by atoms with Gasteiger partial charge in [0, 0.05) is 5.02 Å². The van der Waals surface area contributed by atoms with Gasteiger partial charge in [0.2, 0.25) is 5.91 Å². The molecule has 0 unspecified atom stereocenters. The predicted octanol–water partition coefficient (Wildman–Crippen LogP) is 4.57. The Morgan fingerprint density at radius 3 is 2.27 bits per heavy atom. The number of hydrogen-bond acceptors (Lipinski definition) is 4. The van der Waals surface area contributed by atoms with Crippen molar-refractivity contribution in [3.8, 4) is 5.75 Å². The summed E-state index contributed by atoms with van der Waals surface area (Å²) in [5, 5.41) is 3.20. The van der Waals surface area contributed by atoms with Crippen molar-refractivity contribution in [1.29, 1.82) is 0 Å². The summed E-state index contributed by atoms with van der Waals surface area (Å²) in [6, 6.07) is 21.2. The average molecular weight is 445 g/mol. The van der Waals surface area contributed by atoms with E-state index >= 15 is 0 Å². The molecule has 0 fully saturated rings. The fourth-order valence-electron chi connectivity index (χ4n) is 2.81. The molecular weight excluding hydrogens is 424 g/mol. The van der Waals surface area contributed by atoms with E-state index in [9.17, 15) is 13.2 Å². The molecule has 0 atom stereocenters. The number of nitrogens with zero attached hydrogens (tertiary/aromatic N) is 1. The van der Waals surface area contributed by atoms with Crippen LogP contribution in [0.3, 0.4) is 0 Å². The highest BCUT2D eigenvalue weighted by Crippen LogP contribution is 2.27. The maximum Gasteiger partial charge on any atom is 0.264 e. The van der Waals surface area contributed by atoms with Crippen molar-refractivity contribution >= 4 is 38.9 Å². The van der Waals surface area contributed by atoms with Crippen molar-refractivity contribution in [3.05, 3.63) is 83.9 Å². The van der Waals surface area contributed by atoms with Crippen LogP contribution in [0.4, 0.5) is 11.4 Å². The number of benzene rings is 3. The molecule has 1 amide bonds. The summed E-state index contributed by atoms with van der Waals surface area (Å²) in [5.41, 5.74) is 0.800. The molecule has 156 valence electrons. The van der Waals surface area contributed by atoms with Gasteiger partial charge in [0.25, 0.3) is 10.0 Å². The molecule has 0 saturated heterocycles. The van der Waals surface area contributed by atoms with E-state index in [0.29, 0.717) is 28.8 Å². The zero-order valence-corrected chi connectivity index (χ0v) is 17.9. The first-order valence-corrected chi connectivity index (χ1v) is 11.1. The Kier molecular flexibility index (Phi) is 6.97. The van der Waals surface area contributed by atoms with Crippen LogP contribution in [0, 0.1) is 0 Å². The molecule has 0 spiro atoms. The summed E-state index contributed by atoms with van der Waals surface area (Å²) < 4.78 is 33.1. The van der Waals surface area contributed by atoms with Crippen molar-refractivity contribution in [3.63, 3.8) is 0 Å². The van der Waals surface area contributed by atoms with Crippen molar-refractivity contribution in [2.24, 2.45) is 0 Å². The number of carbonyl (C=O) groups excluding carboxylic acids is 1. The van der Waals surface area contributed by atoms with Crippen LogP contribution < -0.4 is 14.4 Å². The van der Waals surface area contributed by atoms with Gasteiger partial charge in [-0.05, 0) is 55.5 Å². The number of nitrogens with one attached hydrogen (secondary N) is 1. The quantitative estimate of drug-likeness (QED) is 0.552. The summed E-state index contributed by atoms with van der Waals surface area (Å²) in [4.78, 5) is 12.9. The number of hydrogen-bond donors (Lipinski definition) is 1. The molecule has 0 aliphatic carbocycles. The van der Waals surface area contributed by atoms with Gasteiger partial charge in [0.05, 0.1) is 22.9 Å². The van der Waals surface area contributed by atoms with Crippen LogP contribution in [0.15, 0.2) is 83.8 Å². The van der Waals surface area contributed by atoms with Gasteiger partial charge in [-0.2, -0.15) is 0 Å². The van der Waals surface area contributed by atoms with E-state index in [1.807, 2.05) is 6.92 Å². The lowest BCUT2D eigenvalue weighted by Crippen LogP contribution is -2.38. The molecule has 0 aliphatic heterocycles. The Labute approximate surface area is 181 Å². The van der Waals surface area contributed by atoms with E-state index in [1.54, 1.807) is 66.7 Å². The normalized spacial score (nSPS) is 11.0. The van der Waals surface area contributed by atoms with Crippen LogP contribution in [0.25, 0.3) is 0 Å². The number of para-hydroxylation sites is 2. The zero-order chi connectivity index (χ0) is 21.6. The van der Waals surface area contributed by atoms with Crippen LogP contribution in [0.2, 0.25) is 5.02 Å². The zero-order valence-electron chi connectivity index (χ0n) is 16.3. The average Bonchev–Trinajstić information content (AvgIpc) is 2.75. The first-order valence-electron chi connectivity index (χ1n) is 9.27. The van der Waals surface area contributed by atoms with Crippen LogP contribution in [-0.4, -0.2) is 27.5 Å². The van der Waals surface area contributed by atoms with Gasteiger partial charge in [-0.25, -0.2) is 8.42 Å². The first-order chi connectivity index (χ1) is 14.4. The lowest BCUT2D eigenvalue weighted by Gasteiger charge is -2.24. The van der Waals surface area contributed by atoms with Gasteiger partial charge in [0.15, 0.2) is 0 Å². The summed E-state index contributed by atoms with van der Waals surface area (Å²) in [6.45, 7) is 1.86. The molecule has 3 aromatic rings. The van der Waals surface area contributed by atoms with Crippen molar-refractivity contribution in [1.82, 2.24) is 0 Å². The Morgan fingerprint density at radius 2 is 1.60 bits per heavy atom.